The highest BCUT2D eigenvalue weighted by Crippen LogP contribution is 2.49. The Morgan fingerprint density at radius 3 is 2.90 bits per heavy atom. The number of thiazole rings is 1. The van der Waals surface area contributed by atoms with Gasteiger partial charge in [-0.2, -0.15) is 13.2 Å². The molecule has 0 aliphatic heterocycles. The molecule has 2 heterocycles. The molecule has 6 nitrogen and oxygen atoms in total. The molecule has 1 N–H and O–H groups in total. The molecule has 2 aromatic heterocycles. The molecule has 10 heteroatoms. The van der Waals surface area contributed by atoms with E-state index < -0.39 is 12.8 Å². The predicted octanol–water partition coefficient (Wildman–Crippen LogP) is 4.82. The normalized spacial score (nSPS) is 19.4. The first-order valence-corrected chi connectivity index (χ1v) is 11.0. The molecule has 0 bridgehead atoms. The van der Waals surface area contributed by atoms with E-state index in [1.54, 1.807) is 6.92 Å². The van der Waals surface area contributed by atoms with Crippen LogP contribution in [0.5, 0.6) is 5.19 Å². The molecule has 1 aliphatic carbocycles. The average Bonchev–Trinajstić information content (AvgIpc) is 3.14. The van der Waals surface area contributed by atoms with E-state index in [0.717, 1.165) is 41.2 Å². The van der Waals surface area contributed by atoms with Crippen LogP contribution in [0.4, 0.5) is 13.2 Å². The standard InChI is InChI=1S/C21H23F3N4O2S/c1-3-28-16-7-5-4-6-15(16)27-19(28)14-8-13(14)9-18(29)26-12(2)17-10-25-20(31-17)30-11-21(22,23)24/h4-7,10,12-14H,3,8-9,11H2,1-2H3,(H,26,29)/t12-,13+,14-/m1/s1. The number of aryl methyl sites for hydroxylation is 1. The van der Waals surface area contributed by atoms with E-state index in [-0.39, 0.29) is 29.0 Å². The summed E-state index contributed by atoms with van der Waals surface area (Å²) in [6.45, 7) is 3.31. The highest BCUT2D eigenvalue weighted by Gasteiger charge is 2.43. The van der Waals surface area contributed by atoms with Crippen LogP contribution in [0.1, 0.15) is 49.4 Å². The number of halogens is 3. The summed E-state index contributed by atoms with van der Waals surface area (Å²) in [6.07, 6.45) is -1.67. The van der Waals surface area contributed by atoms with Gasteiger partial charge in [0.05, 0.1) is 22.0 Å². The van der Waals surface area contributed by atoms with Crippen molar-refractivity contribution in [1.82, 2.24) is 19.9 Å². The Balaban J connectivity index is 1.32. The lowest BCUT2D eigenvalue weighted by Crippen LogP contribution is -2.26. The van der Waals surface area contributed by atoms with Gasteiger partial charge in [-0.1, -0.05) is 23.5 Å². The van der Waals surface area contributed by atoms with E-state index in [4.69, 9.17) is 4.98 Å². The molecule has 1 aliphatic rings. The molecule has 0 spiro atoms. The topological polar surface area (TPSA) is 69.0 Å². The summed E-state index contributed by atoms with van der Waals surface area (Å²) < 4.78 is 43.6. The number of carbonyl (C=O) groups is 1. The van der Waals surface area contributed by atoms with E-state index in [0.29, 0.717) is 11.3 Å². The van der Waals surface area contributed by atoms with Crippen molar-refractivity contribution in [2.45, 2.75) is 51.4 Å². The number of alkyl halides is 3. The number of hydrogen-bond acceptors (Lipinski definition) is 5. The molecule has 1 saturated carbocycles. The van der Waals surface area contributed by atoms with Gasteiger partial charge in [-0.25, -0.2) is 9.97 Å². The second-order valence-electron chi connectivity index (χ2n) is 7.73. The summed E-state index contributed by atoms with van der Waals surface area (Å²) in [7, 11) is 0. The van der Waals surface area contributed by atoms with Crippen molar-refractivity contribution < 1.29 is 22.7 Å². The Bertz CT molecular complexity index is 1080. The Labute approximate surface area is 181 Å². The predicted molar refractivity (Wildman–Crippen MR) is 111 cm³/mol. The van der Waals surface area contributed by atoms with Crippen molar-refractivity contribution in [3.8, 4) is 5.19 Å². The van der Waals surface area contributed by atoms with Crippen LogP contribution in [0.3, 0.4) is 0 Å². The van der Waals surface area contributed by atoms with Gasteiger partial charge in [0.2, 0.25) is 5.91 Å². The molecule has 4 rings (SSSR count). The monoisotopic (exact) mass is 452 g/mol. The van der Waals surface area contributed by atoms with Crippen LogP contribution in [-0.4, -0.2) is 33.2 Å². The van der Waals surface area contributed by atoms with Crippen molar-refractivity contribution >= 4 is 28.3 Å². The van der Waals surface area contributed by atoms with E-state index >= 15 is 0 Å². The first-order chi connectivity index (χ1) is 14.7. The summed E-state index contributed by atoms with van der Waals surface area (Å²) in [5.74, 6) is 1.44. The van der Waals surface area contributed by atoms with Crippen molar-refractivity contribution in [3.05, 3.63) is 41.2 Å². The number of rotatable bonds is 8. The Kier molecular flexibility index (Phi) is 5.92. The molecule has 31 heavy (non-hydrogen) atoms. The zero-order valence-electron chi connectivity index (χ0n) is 17.1. The molecule has 3 atom stereocenters. The number of hydrogen-bond donors (Lipinski definition) is 1. The van der Waals surface area contributed by atoms with Crippen LogP contribution in [0.25, 0.3) is 11.0 Å². The molecule has 1 amide bonds. The van der Waals surface area contributed by atoms with Crippen LogP contribution in [0, 0.1) is 5.92 Å². The van der Waals surface area contributed by atoms with E-state index in [2.05, 4.69) is 32.6 Å². The lowest BCUT2D eigenvalue weighted by molar-refractivity contribution is -0.153. The third-order valence-electron chi connectivity index (χ3n) is 5.37. The minimum Gasteiger partial charge on any atom is -0.460 e. The number of nitrogens with zero attached hydrogens (tertiary/aromatic N) is 3. The van der Waals surface area contributed by atoms with Gasteiger partial charge in [0.25, 0.3) is 5.19 Å². The summed E-state index contributed by atoms with van der Waals surface area (Å²) in [4.78, 5) is 21.8. The lowest BCUT2D eigenvalue weighted by Gasteiger charge is -2.12. The second-order valence-corrected chi connectivity index (χ2v) is 8.76. The third kappa shape index (κ3) is 5.00. The highest BCUT2D eigenvalue weighted by atomic mass is 32.1. The second kappa shape index (κ2) is 8.49. The van der Waals surface area contributed by atoms with Crippen LogP contribution in [0.15, 0.2) is 30.5 Å². The van der Waals surface area contributed by atoms with Crippen LogP contribution >= 0.6 is 11.3 Å². The Morgan fingerprint density at radius 1 is 1.39 bits per heavy atom. The van der Waals surface area contributed by atoms with Gasteiger partial charge in [0.15, 0.2) is 6.61 Å². The average molecular weight is 453 g/mol. The SMILES string of the molecule is CCn1c([C@@H]2C[C@H]2CC(=O)N[C@H](C)c2cnc(OCC(F)(F)F)s2)nc2ccccc21. The molecule has 1 aromatic carbocycles. The van der Waals surface area contributed by atoms with Crippen LogP contribution < -0.4 is 10.1 Å². The van der Waals surface area contributed by atoms with Crippen molar-refractivity contribution in [2.75, 3.05) is 6.61 Å². The number of aromatic nitrogens is 3. The zero-order valence-corrected chi connectivity index (χ0v) is 18.0. The molecular weight excluding hydrogens is 429 g/mol. The highest BCUT2D eigenvalue weighted by molar-refractivity contribution is 7.13. The first kappa shape index (κ1) is 21.6. The minimum atomic E-state index is -4.41. The molecule has 1 fully saturated rings. The maximum atomic E-state index is 12.5. The van der Waals surface area contributed by atoms with E-state index in [9.17, 15) is 18.0 Å². The van der Waals surface area contributed by atoms with Crippen molar-refractivity contribution in [2.24, 2.45) is 5.92 Å². The van der Waals surface area contributed by atoms with E-state index in [1.165, 1.54) is 6.20 Å². The first-order valence-electron chi connectivity index (χ1n) is 10.1. The smallest absolute Gasteiger partial charge is 0.422 e. The number of carbonyl (C=O) groups excluding carboxylic acids is 1. The molecular formula is C21H23F3N4O2S. The minimum absolute atomic E-state index is 0.0610. The largest absolute Gasteiger partial charge is 0.460 e. The number of imidazole rings is 1. The number of fused-ring (bicyclic) bond motifs is 1. The Hall–Kier alpha value is -2.62. The Morgan fingerprint density at radius 2 is 2.16 bits per heavy atom. The number of ether oxygens (including phenoxy) is 1. The third-order valence-corrected chi connectivity index (χ3v) is 6.46. The van der Waals surface area contributed by atoms with Crippen LogP contribution in [0.2, 0.25) is 0 Å². The molecule has 3 aromatic rings. The maximum Gasteiger partial charge on any atom is 0.422 e. The lowest BCUT2D eigenvalue weighted by atomic mass is 10.2. The summed E-state index contributed by atoms with van der Waals surface area (Å²) in [5, 5.41) is 2.85. The summed E-state index contributed by atoms with van der Waals surface area (Å²) in [6, 6.07) is 7.67. The molecule has 166 valence electrons. The number of para-hydroxylation sites is 2. The fourth-order valence-electron chi connectivity index (χ4n) is 3.79. The fraction of sp³-hybridized carbons (Fsp3) is 0.476. The molecule has 0 radical (unpaired) electrons. The summed E-state index contributed by atoms with van der Waals surface area (Å²) >= 11 is 1.00. The van der Waals surface area contributed by atoms with Gasteiger partial charge < -0.3 is 14.6 Å². The van der Waals surface area contributed by atoms with Gasteiger partial charge in [0, 0.05) is 25.1 Å². The number of amides is 1. The summed E-state index contributed by atoms with van der Waals surface area (Å²) in [5.41, 5.74) is 2.08. The van der Waals surface area contributed by atoms with Gasteiger partial charge in [-0.05, 0) is 38.3 Å². The number of nitrogens with one attached hydrogen (secondary N) is 1. The van der Waals surface area contributed by atoms with Crippen LogP contribution in [-0.2, 0) is 11.3 Å². The van der Waals surface area contributed by atoms with Gasteiger partial charge in [-0.3, -0.25) is 4.79 Å². The van der Waals surface area contributed by atoms with Gasteiger partial charge in [-0.15, -0.1) is 0 Å². The fourth-order valence-corrected chi connectivity index (χ4v) is 4.55. The van der Waals surface area contributed by atoms with Gasteiger partial charge >= 0.3 is 6.18 Å². The van der Waals surface area contributed by atoms with Gasteiger partial charge in [0.1, 0.15) is 5.82 Å². The van der Waals surface area contributed by atoms with E-state index in [1.807, 2.05) is 18.2 Å². The van der Waals surface area contributed by atoms with Crippen molar-refractivity contribution in [1.29, 1.82) is 0 Å². The number of benzene rings is 1. The molecule has 0 unspecified atom stereocenters. The zero-order chi connectivity index (χ0) is 22.2. The van der Waals surface area contributed by atoms with Crippen molar-refractivity contribution in [3.63, 3.8) is 0 Å². The maximum absolute atomic E-state index is 12.5. The quantitative estimate of drug-likeness (QED) is 0.532. The molecule has 0 saturated heterocycles.